The quantitative estimate of drug-likeness (QED) is 0.509. The van der Waals surface area contributed by atoms with Gasteiger partial charge >= 0.3 is 5.97 Å². The number of hydrogen-bond donors (Lipinski definition) is 1. The zero-order valence-corrected chi connectivity index (χ0v) is 12.9. The van der Waals surface area contributed by atoms with E-state index in [4.69, 9.17) is 9.47 Å². The third-order valence-electron chi connectivity index (χ3n) is 4.33. The number of nitrogens with one attached hydrogen (secondary N) is 1. The summed E-state index contributed by atoms with van der Waals surface area (Å²) in [5.74, 6) is 0.108. The topological polar surface area (TPSA) is 83.1 Å². The summed E-state index contributed by atoms with van der Waals surface area (Å²) in [5, 5.41) is 10.9. The second-order valence-electron chi connectivity index (χ2n) is 5.79. The highest BCUT2D eigenvalue weighted by atomic mass is 16.6. The molecule has 0 amide bonds. The minimum atomic E-state index is -0.464. The molecule has 0 radical (unpaired) electrons. The Morgan fingerprint density at radius 2 is 2.09 bits per heavy atom. The zero-order valence-electron chi connectivity index (χ0n) is 12.9. The molecule has 122 valence electrons. The summed E-state index contributed by atoms with van der Waals surface area (Å²) < 4.78 is 10.9. The standard InChI is InChI=1S/C16H18N2O5/c1-22-16(19)13-10-11-9-12(18(20)21)5-6-14(11)23-15(13)17-7-3-2-4-8-17/h5-6,9-10,15H,2-4,7-8H2,1H3/p+1/t15-/m0/s1. The molecular weight excluding hydrogens is 300 g/mol. The van der Waals surface area contributed by atoms with E-state index in [1.807, 2.05) is 0 Å². The number of quaternary nitrogens is 1. The lowest BCUT2D eigenvalue weighted by Gasteiger charge is -2.34. The van der Waals surface area contributed by atoms with Crippen LogP contribution in [-0.2, 0) is 9.53 Å². The van der Waals surface area contributed by atoms with Crippen LogP contribution in [0.5, 0.6) is 5.75 Å². The van der Waals surface area contributed by atoms with Gasteiger partial charge in [0.05, 0.1) is 25.1 Å². The number of methoxy groups -OCH3 is 1. The second-order valence-corrected chi connectivity index (χ2v) is 5.79. The number of benzene rings is 1. The van der Waals surface area contributed by atoms with E-state index >= 15 is 0 Å². The van der Waals surface area contributed by atoms with Gasteiger partial charge in [-0.25, -0.2) is 4.79 Å². The van der Waals surface area contributed by atoms with Gasteiger partial charge in [-0.15, -0.1) is 0 Å². The van der Waals surface area contributed by atoms with Crippen LogP contribution in [0.3, 0.4) is 0 Å². The van der Waals surface area contributed by atoms with Crippen LogP contribution >= 0.6 is 0 Å². The molecule has 2 heterocycles. The monoisotopic (exact) mass is 319 g/mol. The fraction of sp³-hybridized carbons (Fsp3) is 0.438. The number of carbonyl (C=O) groups is 1. The Labute approximate surface area is 133 Å². The Balaban J connectivity index is 1.98. The van der Waals surface area contributed by atoms with Crippen molar-refractivity contribution in [1.29, 1.82) is 0 Å². The molecule has 0 aliphatic carbocycles. The number of piperidine rings is 1. The van der Waals surface area contributed by atoms with Crippen molar-refractivity contribution >= 4 is 17.7 Å². The molecule has 2 aliphatic rings. The molecule has 0 unspecified atom stereocenters. The first-order chi connectivity index (χ1) is 11.1. The minimum absolute atomic E-state index is 0.0309. The smallest absolute Gasteiger partial charge is 0.343 e. The third-order valence-corrected chi connectivity index (χ3v) is 4.33. The molecule has 1 aromatic carbocycles. The highest BCUT2D eigenvalue weighted by Gasteiger charge is 2.37. The molecule has 1 fully saturated rings. The average Bonchev–Trinajstić information content (AvgIpc) is 2.60. The van der Waals surface area contributed by atoms with Crippen molar-refractivity contribution in [2.75, 3.05) is 20.2 Å². The number of ether oxygens (including phenoxy) is 2. The van der Waals surface area contributed by atoms with Crippen LogP contribution in [0, 0.1) is 10.1 Å². The van der Waals surface area contributed by atoms with E-state index in [1.165, 1.54) is 30.6 Å². The van der Waals surface area contributed by atoms with Gasteiger partial charge in [0.15, 0.2) is 0 Å². The van der Waals surface area contributed by atoms with Crippen LogP contribution in [0.15, 0.2) is 23.8 Å². The van der Waals surface area contributed by atoms with Gasteiger partial charge in [0.25, 0.3) is 11.9 Å². The van der Waals surface area contributed by atoms with Crippen molar-refractivity contribution in [3.8, 4) is 5.75 Å². The van der Waals surface area contributed by atoms with E-state index in [1.54, 1.807) is 12.1 Å². The van der Waals surface area contributed by atoms with Crippen LogP contribution in [0.25, 0.3) is 6.08 Å². The van der Waals surface area contributed by atoms with Crippen LogP contribution in [0.1, 0.15) is 24.8 Å². The van der Waals surface area contributed by atoms with E-state index in [0.29, 0.717) is 16.9 Å². The molecule has 3 rings (SSSR count). The predicted octanol–water partition coefficient (Wildman–Crippen LogP) is 0.938. The number of carbonyl (C=O) groups excluding carboxylic acids is 1. The van der Waals surface area contributed by atoms with Crippen LogP contribution in [0.4, 0.5) is 5.69 Å². The summed E-state index contributed by atoms with van der Waals surface area (Å²) >= 11 is 0. The van der Waals surface area contributed by atoms with E-state index in [0.717, 1.165) is 25.9 Å². The number of nitro benzene ring substituents is 1. The zero-order chi connectivity index (χ0) is 16.4. The number of hydrogen-bond acceptors (Lipinski definition) is 5. The van der Waals surface area contributed by atoms with E-state index in [-0.39, 0.29) is 5.69 Å². The molecule has 2 aliphatic heterocycles. The molecule has 1 saturated heterocycles. The minimum Gasteiger partial charge on any atom is -0.465 e. The van der Waals surface area contributed by atoms with Gasteiger partial charge in [-0.1, -0.05) is 0 Å². The molecule has 23 heavy (non-hydrogen) atoms. The fourth-order valence-electron chi connectivity index (χ4n) is 3.16. The lowest BCUT2D eigenvalue weighted by molar-refractivity contribution is -0.941. The van der Waals surface area contributed by atoms with Crippen molar-refractivity contribution in [1.82, 2.24) is 0 Å². The Kier molecular flexibility index (Phi) is 4.29. The Morgan fingerprint density at radius 3 is 2.74 bits per heavy atom. The first kappa shape index (κ1) is 15.5. The molecule has 0 aromatic heterocycles. The van der Waals surface area contributed by atoms with E-state index in [9.17, 15) is 14.9 Å². The highest BCUT2D eigenvalue weighted by Crippen LogP contribution is 2.31. The molecule has 1 N–H and O–H groups in total. The number of nitrogens with zero attached hydrogens (tertiary/aromatic N) is 1. The van der Waals surface area contributed by atoms with Gasteiger partial charge in [0.1, 0.15) is 11.3 Å². The van der Waals surface area contributed by atoms with Crippen LogP contribution < -0.4 is 9.64 Å². The molecule has 0 saturated carbocycles. The molecule has 7 nitrogen and oxygen atoms in total. The Bertz CT molecular complexity index is 664. The number of rotatable bonds is 3. The van der Waals surface area contributed by atoms with Crippen molar-refractivity contribution in [3.05, 3.63) is 39.4 Å². The normalized spacial score (nSPS) is 20.9. The summed E-state index contributed by atoms with van der Waals surface area (Å²) in [6.07, 6.45) is 4.62. The van der Waals surface area contributed by atoms with Crippen LogP contribution in [0.2, 0.25) is 0 Å². The largest absolute Gasteiger partial charge is 0.465 e. The number of nitro groups is 1. The highest BCUT2D eigenvalue weighted by molar-refractivity contribution is 5.95. The maximum absolute atomic E-state index is 12.1. The van der Waals surface area contributed by atoms with E-state index < -0.39 is 17.1 Å². The second kappa shape index (κ2) is 6.37. The first-order valence-corrected chi connectivity index (χ1v) is 7.69. The number of fused-ring (bicyclic) bond motifs is 1. The average molecular weight is 319 g/mol. The first-order valence-electron chi connectivity index (χ1n) is 7.69. The number of non-ortho nitro benzene ring substituents is 1. The maximum atomic E-state index is 12.1. The summed E-state index contributed by atoms with van der Waals surface area (Å²) in [7, 11) is 1.33. The van der Waals surface area contributed by atoms with Gasteiger partial charge in [0, 0.05) is 17.7 Å². The molecule has 0 spiro atoms. The van der Waals surface area contributed by atoms with Crippen molar-refractivity contribution in [2.24, 2.45) is 0 Å². The number of esters is 1. The summed E-state index contributed by atoms with van der Waals surface area (Å²) in [5.41, 5.74) is 0.918. The fourth-order valence-corrected chi connectivity index (χ4v) is 3.16. The van der Waals surface area contributed by atoms with Crippen molar-refractivity contribution < 1.29 is 24.1 Å². The van der Waals surface area contributed by atoms with Crippen LogP contribution in [-0.4, -0.2) is 37.3 Å². The molecule has 0 bridgehead atoms. The lowest BCUT2D eigenvalue weighted by Crippen LogP contribution is -3.17. The Hall–Kier alpha value is -2.41. The maximum Gasteiger partial charge on any atom is 0.343 e. The summed E-state index contributed by atoms with van der Waals surface area (Å²) in [6, 6.07) is 4.42. The van der Waals surface area contributed by atoms with Gasteiger partial charge in [-0.2, -0.15) is 0 Å². The van der Waals surface area contributed by atoms with Gasteiger partial charge < -0.3 is 9.47 Å². The summed E-state index contributed by atoms with van der Waals surface area (Å²) in [6.45, 7) is 1.86. The number of likely N-dealkylation sites (tertiary alicyclic amines) is 1. The van der Waals surface area contributed by atoms with Crippen molar-refractivity contribution in [2.45, 2.75) is 25.5 Å². The third kappa shape index (κ3) is 3.05. The molecule has 1 atom stereocenters. The lowest BCUT2D eigenvalue weighted by atomic mass is 10.0. The predicted molar refractivity (Wildman–Crippen MR) is 82.1 cm³/mol. The Morgan fingerprint density at radius 1 is 1.35 bits per heavy atom. The SMILES string of the molecule is COC(=O)C1=Cc2cc([N+](=O)[O-])ccc2O[C@@H]1[NH+]1CCCCC1. The summed E-state index contributed by atoms with van der Waals surface area (Å²) in [4.78, 5) is 23.8. The van der Waals surface area contributed by atoms with E-state index in [2.05, 4.69) is 0 Å². The molecule has 1 aromatic rings. The molecular formula is C16H19N2O5+. The van der Waals surface area contributed by atoms with Gasteiger partial charge in [-0.3, -0.25) is 15.0 Å². The molecule has 7 heteroatoms. The van der Waals surface area contributed by atoms with Crippen molar-refractivity contribution in [3.63, 3.8) is 0 Å². The van der Waals surface area contributed by atoms with Gasteiger partial charge in [-0.05, 0) is 31.4 Å². The van der Waals surface area contributed by atoms with Gasteiger partial charge in [0.2, 0.25) is 0 Å².